The second-order valence-electron chi connectivity index (χ2n) is 14.5. The van der Waals surface area contributed by atoms with E-state index in [2.05, 4.69) is 53.7 Å². The summed E-state index contributed by atoms with van der Waals surface area (Å²) in [5.74, 6) is 0.743. The van der Waals surface area contributed by atoms with Crippen LogP contribution >= 0.6 is 0 Å². The molecule has 4 nitrogen and oxygen atoms in total. The summed E-state index contributed by atoms with van der Waals surface area (Å²) in [4.78, 5) is 12.8. The van der Waals surface area contributed by atoms with Crippen molar-refractivity contribution in [2.75, 3.05) is 6.61 Å². The molecule has 0 aromatic rings. The van der Waals surface area contributed by atoms with Crippen molar-refractivity contribution in [3.05, 3.63) is 23.3 Å². The Morgan fingerprint density at radius 1 is 1.03 bits per heavy atom. The SMILES string of the molecule is CC12CC3=C4C=CC5C6(C)CCC(O)C(C)(CO)C6CCC5(C)C4(C)CCC3(C)C(C1)OC2=O. The Kier molecular flexibility index (Phi) is 4.51. The van der Waals surface area contributed by atoms with Crippen molar-refractivity contribution in [3.63, 3.8) is 0 Å². The van der Waals surface area contributed by atoms with Gasteiger partial charge < -0.3 is 14.9 Å². The Bertz CT molecular complexity index is 1010. The van der Waals surface area contributed by atoms with E-state index in [1.807, 2.05) is 0 Å². The number of carbonyl (C=O) groups is 1. The van der Waals surface area contributed by atoms with E-state index in [9.17, 15) is 15.0 Å². The molecule has 0 aromatic heterocycles. The van der Waals surface area contributed by atoms with E-state index in [1.54, 1.807) is 0 Å². The molecule has 1 aliphatic heterocycles. The van der Waals surface area contributed by atoms with E-state index < -0.39 is 11.5 Å². The van der Waals surface area contributed by atoms with E-state index >= 15 is 0 Å². The summed E-state index contributed by atoms with van der Waals surface area (Å²) in [5, 5.41) is 21.3. The minimum atomic E-state index is -0.429. The number of carbonyl (C=O) groups excluding carboxylic acids is 1. The molecule has 1 heterocycles. The van der Waals surface area contributed by atoms with Crippen LogP contribution in [-0.4, -0.2) is 35.0 Å². The number of aliphatic hydroxyl groups excluding tert-OH is 2. The van der Waals surface area contributed by atoms with Gasteiger partial charge in [-0.25, -0.2) is 0 Å². The van der Waals surface area contributed by atoms with Gasteiger partial charge >= 0.3 is 5.97 Å². The molecule has 0 aromatic carbocycles. The summed E-state index contributed by atoms with van der Waals surface area (Å²) in [6.07, 6.45) is 12.4. The maximum atomic E-state index is 12.8. The Balaban J connectivity index is 1.50. The van der Waals surface area contributed by atoms with Gasteiger partial charge in [-0.15, -0.1) is 0 Å². The van der Waals surface area contributed by atoms with E-state index in [-0.39, 0.29) is 45.8 Å². The molecule has 0 radical (unpaired) electrons. The summed E-state index contributed by atoms with van der Waals surface area (Å²) in [5.41, 5.74) is 2.40. The van der Waals surface area contributed by atoms with Crippen LogP contribution in [0.5, 0.6) is 0 Å². The van der Waals surface area contributed by atoms with Crippen LogP contribution in [-0.2, 0) is 9.53 Å². The van der Waals surface area contributed by atoms with E-state index in [0.29, 0.717) is 11.8 Å². The molecule has 4 fully saturated rings. The number of aliphatic hydroxyl groups is 2. The van der Waals surface area contributed by atoms with Crippen LogP contribution in [0.4, 0.5) is 0 Å². The van der Waals surface area contributed by atoms with Crippen molar-refractivity contribution in [3.8, 4) is 0 Å². The Morgan fingerprint density at radius 2 is 1.76 bits per heavy atom. The van der Waals surface area contributed by atoms with Crippen LogP contribution in [0.15, 0.2) is 23.3 Å². The second kappa shape index (κ2) is 6.59. The minimum absolute atomic E-state index is 0.00359. The number of fused-ring (bicyclic) bond motifs is 9. The Morgan fingerprint density at radius 3 is 2.47 bits per heavy atom. The highest BCUT2D eigenvalue weighted by Gasteiger charge is 2.69. The van der Waals surface area contributed by atoms with Gasteiger partial charge in [0, 0.05) is 17.3 Å². The van der Waals surface area contributed by atoms with Gasteiger partial charge in [-0.3, -0.25) is 4.79 Å². The van der Waals surface area contributed by atoms with Crippen LogP contribution in [0.25, 0.3) is 0 Å². The average Bonchev–Trinajstić information content (AvgIpc) is 3.05. The van der Waals surface area contributed by atoms with Crippen molar-refractivity contribution >= 4 is 5.97 Å². The maximum Gasteiger partial charge on any atom is 0.312 e. The molecule has 34 heavy (non-hydrogen) atoms. The van der Waals surface area contributed by atoms with Crippen molar-refractivity contribution < 1.29 is 19.7 Å². The summed E-state index contributed by atoms with van der Waals surface area (Å²) >= 11 is 0. The second-order valence-corrected chi connectivity index (χ2v) is 14.5. The summed E-state index contributed by atoms with van der Waals surface area (Å²) in [6.45, 7) is 14.1. The van der Waals surface area contributed by atoms with Crippen LogP contribution in [0, 0.1) is 44.3 Å². The van der Waals surface area contributed by atoms with Crippen molar-refractivity contribution in [1.82, 2.24) is 0 Å². The summed E-state index contributed by atoms with van der Waals surface area (Å²) in [6, 6.07) is 0. The third-order valence-corrected chi connectivity index (χ3v) is 13.1. The predicted molar refractivity (Wildman–Crippen MR) is 132 cm³/mol. The molecule has 3 saturated carbocycles. The fourth-order valence-corrected chi connectivity index (χ4v) is 10.4. The number of ether oxygens (including phenoxy) is 1. The van der Waals surface area contributed by atoms with E-state index in [0.717, 1.165) is 51.4 Å². The van der Waals surface area contributed by atoms with E-state index in [1.165, 1.54) is 11.1 Å². The monoisotopic (exact) mass is 468 g/mol. The highest BCUT2D eigenvalue weighted by atomic mass is 16.6. The quantitative estimate of drug-likeness (QED) is 0.493. The number of allylic oxidation sites excluding steroid dienone is 3. The first kappa shape index (κ1) is 23.3. The number of hydrogen-bond acceptors (Lipinski definition) is 4. The maximum absolute atomic E-state index is 12.8. The Hall–Kier alpha value is -1.13. The molecular formula is C30H44O4. The van der Waals surface area contributed by atoms with Gasteiger partial charge in [0.2, 0.25) is 0 Å². The largest absolute Gasteiger partial charge is 0.461 e. The van der Waals surface area contributed by atoms with Crippen LogP contribution in [0.3, 0.4) is 0 Å². The number of rotatable bonds is 1. The molecular weight excluding hydrogens is 424 g/mol. The van der Waals surface area contributed by atoms with E-state index in [4.69, 9.17) is 4.74 Å². The zero-order valence-corrected chi connectivity index (χ0v) is 22.0. The van der Waals surface area contributed by atoms with Crippen molar-refractivity contribution in [2.24, 2.45) is 44.3 Å². The normalized spacial score (nSPS) is 57.9. The lowest BCUT2D eigenvalue weighted by atomic mass is 9.35. The van der Waals surface area contributed by atoms with Gasteiger partial charge in [0.15, 0.2) is 0 Å². The number of hydrogen-bond donors (Lipinski definition) is 2. The molecule has 0 spiro atoms. The molecule has 2 N–H and O–H groups in total. The summed E-state index contributed by atoms with van der Waals surface area (Å²) < 4.78 is 5.99. The standard InChI is InChI=1S/C30H44O4/c1-25-15-19-18-7-8-21-27(3)11-10-22(32)28(4,17-31)20(27)9-12-30(21,6)29(18,5)14-13-26(19,2)23(16-25)34-24(25)33/h7-8,20-23,31-32H,9-17H2,1-6H3. The summed E-state index contributed by atoms with van der Waals surface area (Å²) in [7, 11) is 0. The zero-order chi connectivity index (χ0) is 24.5. The predicted octanol–water partition coefficient (Wildman–Crippen LogP) is 5.58. The molecule has 6 aliphatic rings. The lowest BCUT2D eigenvalue weighted by molar-refractivity contribution is -0.198. The van der Waals surface area contributed by atoms with Crippen LogP contribution in [0.2, 0.25) is 0 Å². The lowest BCUT2D eigenvalue weighted by Gasteiger charge is -2.69. The van der Waals surface area contributed by atoms with Gasteiger partial charge in [0.05, 0.1) is 18.1 Å². The van der Waals surface area contributed by atoms with Crippen LogP contribution < -0.4 is 0 Å². The highest BCUT2D eigenvalue weighted by molar-refractivity contribution is 5.80. The molecule has 4 heteroatoms. The molecule has 188 valence electrons. The number of esters is 1. The van der Waals surface area contributed by atoms with Gasteiger partial charge in [-0.2, -0.15) is 0 Å². The van der Waals surface area contributed by atoms with Gasteiger partial charge in [-0.1, -0.05) is 52.3 Å². The zero-order valence-electron chi connectivity index (χ0n) is 22.0. The van der Waals surface area contributed by atoms with Crippen molar-refractivity contribution in [2.45, 2.75) is 105 Å². The first-order chi connectivity index (χ1) is 15.8. The van der Waals surface area contributed by atoms with Gasteiger partial charge in [0.1, 0.15) is 6.10 Å². The van der Waals surface area contributed by atoms with Crippen molar-refractivity contribution in [1.29, 1.82) is 0 Å². The molecule has 5 aliphatic carbocycles. The highest BCUT2D eigenvalue weighted by Crippen LogP contribution is 2.74. The molecule has 10 unspecified atom stereocenters. The fraction of sp³-hybridized carbons (Fsp3) is 0.833. The first-order valence-corrected chi connectivity index (χ1v) is 13.7. The Labute approximate surface area is 205 Å². The van der Waals surface area contributed by atoms with Crippen LogP contribution in [0.1, 0.15) is 92.9 Å². The molecule has 1 saturated heterocycles. The molecule has 2 bridgehead atoms. The topological polar surface area (TPSA) is 66.8 Å². The third kappa shape index (κ3) is 2.41. The third-order valence-electron chi connectivity index (χ3n) is 13.1. The van der Waals surface area contributed by atoms with Gasteiger partial charge in [-0.05, 0) is 85.5 Å². The average molecular weight is 469 g/mol. The molecule has 0 amide bonds. The smallest absolute Gasteiger partial charge is 0.312 e. The molecule has 6 rings (SSSR count). The first-order valence-electron chi connectivity index (χ1n) is 13.7. The lowest BCUT2D eigenvalue weighted by Crippen LogP contribution is -2.64. The fourth-order valence-electron chi connectivity index (χ4n) is 10.4. The molecule has 10 atom stereocenters. The van der Waals surface area contributed by atoms with Gasteiger partial charge in [0.25, 0.3) is 0 Å². The minimum Gasteiger partial charge on any atom is -0.461 e.